The van der Waals surface area contributed by atoms with Crippen molar-refractivity contribution in [3.05, 3.63) is 53.6 Å². The quantitative estimate of drug-likeness (QED) is 0.645. The molecule has 2 N–H and O–H groups in total. The third-order valence-corrected chi connectivity index (χ3v) is 4.59. The summed E-state index contributed by atoms with van der Waals surface area (Å²) in [6, 6.07) is 14.5. The van der Waals surface area contributed by atoms with Gasteiger partial charge in [0.1, 0.15) is 0 Å². The molecule has 0 spiro atoms. The molecule has 2 amide bonds. The van der Waals surface area contributed by atoms with Crippen LogP contribution in [-0.2, 0) is 9.59 Å². The summed E-state index contributed by atoms with van der Waals surface area (Å²) < 4.78 is 0. The van der Waals surface area contributed by atoms with Crippen LogP contribution >= 0.6 is 23.4 Å². The highest BCUT2D eigenvalue weighted by Gasteiger charge is 2.15. The average Bonchev–Trinajstić information content (AvgIpc) is 2.54. The molecule has 138 valence electrons. The van der Waals surface area contributed by atoms with Crippen LogP contribution in [-0.4, -0.2) is 17.6 Å². The zero-order valence-electron chi connectivity index (χ0n) is 15.1. The lowest BCUT2D eigenvalue weighted by Crippen LogP contribution is -2.19. The Bertz CT molecular complexity index is 753. The van der Waals surface area contributed by atoms with Gasteiger partial charge >= 0.3 is 0 Å². The molecular weight excluding hydrogens is 368 g/mol. The lowest BCUT2D eigenvalue weighted by Gasteiger charge is -2.17. The molecule has 0 aromatic heterocycles. The molecule has 0 fully saturated rings. The van der Waals surface area contributed by atoms with E-state index in [1.807, 2.05) is 45.0 Å². The molecule has 4 nitrogen and oxygen atoms in total. The third-order valence-electron chi connectivity index (χ3n) is 3.33. The Kier molecular flexibility index (Phi) is 7.12. The van der Waals surface area contributed by atoms with E-state index in [1.165, 1.54) is 11.8 Å². The van der Waals surface area contributed by atoms with Gasteiger partial charge in [-0.1, -0.05) is 32.4 Å². The number of halogens is 1. The molecule has 2 rings (SSSR count). The fraction of sp³-hybridized carbons (Fsp3) is 0.300. The molecule has 0 bridgehead atoms. The maximum Gasteiger partial charge on any atom is 0.234 e. The van der Waals surface area contributed by atoms with Crippen molar-refractivity contribution >= 4 is 46.6 Å². The lowest BCUT2D eigenvalue weighted by atomic mass is 9.92. The Hall–Kier alpha value is -1.98. The largest absolute Gasteiger partial charge is 0.326 e. The molecule has 26 heavy (non-hydrogen) atoms. The van der Waals surface area contributed by atoms with E-state index in [9.17, 15) is 9.59 Å². The first-order chi connectivity index (χ1) is 12.2. The summed E-state index contributed by atoms with van der Waals surface area (Å²) in [5.74, 6) is 0.221. The second kappa shape index (κ2) is 9.10. The molecule has 0 heterocycles. The van der Waals surface area contributed by atoms with Crippen LogP contribution in [0.25, 0.3) is 0 Å². The molecule has 0 aliphatic carbocycles. The van der Waals surface area contributed by atoms with Crippen LogP contribution < -0.4 is 10.6 Å². The number of benzene rings is 2. The first kappa shape index (κ1) is 20.3. The van der Waals surface area contributed by atoms with Gasteiger partial charge in [0.2, 0.25) is 11.8 Å². The van der Waals surface area contributed by atoms with E-state index in [0.717, 1.165) is 16.3 Å². The fourth-order valence-corrected chi connectivity index (χ4v) is 3.02. The number of nitrogens with one attached hydrogen (secondary N) is 2. The maximum atomic E-state index is 12.0. The van der Waals surface area contributed by atoms with E-state index >= 15 is 0 Å². The number of rotatable bonds is 6. The summed E-state index contributed by atoms with van der Waals surface area (Å²) >= 11 is 7.26. The Balaban J connectivity index is 1.80. The van der Waals surface area contributed by atoms with Gasteiger partial charge < -0.3 is 10.6 Å². The summed E-state index contributed by atoms with van der Waals surface area (Å²) in [7, 11) is 0. The Morgan fingerprint density at radius 3 is 1.92 bits per heavy atom. The molecule has 0 aliphatic heterocycles. The molecule has 0 unspecified atom stereocenters. The van der Waals surface area contributed by atoms with Crippen LogP contribution in [0.15, 0.2) is 53.4 Å². The minimum absolute atomic E-state index is 0.000227. The molecular formula is C20H23ClN2O2S. The highest BCUT2D eigenvalue weighted by molar-refractivity contribution is 8.00. The number of carbonyl (C=O) groups is 2. The van der Waals surface area contributed by atoms with Gasteiger partial charge in [-0.2, -0.15) is 0 Å². The zero-order chi connectivity index (χ0) is 19.2. The number of amides is 2. The first-order valence-corrected chi connectivity index (χ1v) is 9.66. The SMILES string of the molecule is CC(C)(C)CC(=O)Nc1ccc(SCC(=O)Nc2ccc(Cl)cc2)cc1. The predicted octanol–water partition coefficient (Wildman–Crippen LogP) is 5.45. The molecule has 2 aromatic rings. The zero-order valence-corrected chi connectivity index (χ0v) is 16.7. The molecule has 6 heteroatoms. The monoisotopic (exact) mass is 390 g/mol. The van der Waals surface area contributed by atoms with Gasteiger partial charge in [-0.25, -0.2) is 0 Å². The molecule has 0 radical (unpaired) electrons. The van der Waals surface area contributed by atoms with Crippen molar-refractivity contribution in [2.24, 2.45) is 5.41 Å². The van der Waals surface area contributed by atoms with Crippen LogP contribution in [0.1, 0.15) is 27.2 Å². The number of thioether (sulfide) groups is 1. The van der Waals surface area contributed by atoms with Crippen molar-refractivity contribution in [1.29, 1.82) is 0 Å². The van der Waals surface area contributed by atoms with Gasteiger partial charge in [-0.3, -0.25) is 9.59 Å². The van der Waals surface area contributed by atoms with Crippen molar-refractivity contribution < 1.29 is 9.59 Å². The molecule has 0 saturated heterocycles. The number of hydrogen-bond donors (Lipinski definition) is 2. The summed E-state index contributed by atoms with van der Waals surface area (Å²) in [5, 5.41) is 6.34. The normalized spacial score (nSPS) is 11.1. The Labute approximate surface area is 163 Å². The average molecular weight is 391 g/mol. The van der Waals surface area contributed by atoms with Crippen molar-refractivity contribution in [1.82, 2.24) is 0 Å². The van der Waals surface area contributed by atoms with Gasteiger partial charge in [-0.15, -0.1) is 11.8 Å². The molecule has 0 saturated carbocycles. The van der Waals surface area contributed by atoms with E-state index in [-0.39, 0.29) is 17.2 Å². The van der Waals surface area contributed by atoms with Crippen LogP contribution in [0.2, 0.25) is 5.02 Å². The van der Waals surface area contributed by atoms with E-state index < -0.39 is 0 Å². The topological polar surface area (TPSA) is 58.2 Å². The van der Waals surface area contributed by atoms with Crippen LogP contribution in [0, 0.1) is 5.41 Å². The first-order valence-electron chi connectivity index (χ1n) is 8.29. The highest BCUT2D eigenvalue weighted by Crippen LogP contribution is 2.23. The summed E-state index contributed by atoms with van der Waals surface area (Å²) in [4.78, 5) is 24.9. The van der Waals surface area contributed by atoms with E-state index in [2.05, 4.69) is 10.6 Å². The van der Waals surface area contributed by atoms with Gasteiger partial charge in [0.15, 0.2) is 0 Å². The second-order valence-electron chi connectivity index (χ2n) is 7.15. The van der Waals surface area contributed by atoms with Gasteiger partial charge in [-0.05, 0) is 53.9 Å². The standard InChI is InChI=1S/C20H23ClN2O2S/c1-20(2,3)12-18(24)22-16-8-10-17(11-9-16)26-13-19(25)23-15-6-4-14(21)5-7-15/h4-11H,12-13H2,1-3H3,(H,22,24)(H,23,25). The van der Waals surface area contributed by atoms with Gasteiger partial charge in [0.05, 0.1) is 5.75 Å². The van der Waals surface area contributed by atoms with Crippen molar-refractivity contribution in [2.45, 2.75) is 32.1 Å². The van der Waals surface area contributed by atoms with Crippen LogP contribution in [0.4, 0.5) is 11.4 Å². The minimum Gasteiger partial charge on any atom is -0.326 e. The van der Waals surface area contributed by atoms with Gasteiger partial charge in [0, 0.05) is 27.7 Å². The lowest BCUT2D eigenvalue weighted by molar-refractivity contribution is -0.118. The molecule has 0 aliphatic rings. The Morgan fingerprint density at radius 1 is 0.885 bits per heavy atom. The van der Waals surface area contributed by atoms with E-state index in [1.54, 1.807) is 24.3 Å². The van der Waals surface area contributed by atoms with Crippen molar-refractivity contribution in [3.63, 3.8) is 0 Å². The summed E-state index contributed by atoms with van der Waals surface area (Å²) in [6.45, 7) is 6.09. The smallest absolute Gasteiger partial charge is 0.234 e. The number of hydrogen-bond acceptors (Lipinski definition) is 3. The second-order valence-corrected chi connectivity index (χ2v) is 8.64. The van der Waals surface area contributed by atoms with E-state index in [0.29, 0.717) is 17.2 Å². The van der Waals surface area contributed by atoms with Crippen LogP contribution in [0.3, 0.4) is 0 Å². The minimum atomic E-state index is -0.0834. The highest BCUT2D eigenvalue weighted by atomic mass is 35.5. The number of anilines is 2. The summed E-state index contributed by atoms with van der Waals surface area (Å²) in [6.07, 6.45) is 0.467. The molecule has 2 aromatic carbocycles. The fourth-order valence-electron chi connectivity index (χ4n) is 2.20. The van der Waals surface area contributed by atoms with Crippen molar-refractivity contribution in [3.8, 4) is 0 Å². The Morgan fingerprint density at radius 2 is 1.38 bits per heavy atom. The third kappa shape index (κ3) is 7.50. The van der Waals surface area contributed by atoms with E-state index in [4.69, 9.17) is 11.6 Å². The number of carbonyl (C=O) groups excluding carboxylic acids is 2. The maximum absolute atomic E-state index is 12.0. The van der Waals surface area contributed by atoms with Crippen molar-refractivity contribution in [2.75, 3.05) is 16.4 Å². The summed E-state index contributed by atoms with van der Waals surface area (Å²) in [5.41, 5.74) is 1.43. The molecule has 0 atom stereocenters. The predicted molar refractivity (Wildman–Crippen MR) is 110 cm³/mol. The van der Waals surface area contributed by atoms with Gasteiger partial charge in [0.25, 0.3) is 0 Å². The van der Waals surface area contributed by atoms with Crippen LogP contribution in [0.5, 0.6) is 0 Å².